The largest absolute Gasteiger partial charge is 0.218 e. The normalized spacial score (nSPS) is 7.62. The molecule has 1 nitrogen and oxygen atoms in total. The summed E-state index contributed by atoms with van der Waals surface area (Å²) in [6.45, 7) is 0. The van der Waals surface area contributed by atoms with E-state index < -0.39 is 0 Å². The molecule has 0 fully saturated rings. The van der Waals surface area contributed by atoms with Crippen molar-refractivity contribution >= 4 is 24.0 Å². The van der Waals surface area contributed by atoms with Gasteiger partial charge < -0.3 is 0 Å². The van der Waals surface area contributed by atoms with E-state index in [9.17, 15) is 0 Å². The Kier molecular flexibility index (Phi) is 3.57. The van der Waals surface area contributed by atoms with Gasteiger partial charge in [-0.1, -0.05) is 11.6 Å². The first-order chi connectivity index (χ1) is 3.39. The van der Waals surface area contributed by atoms with Crippen LogP contribution in [0.3, 0.4) is 0 Å². The Hall–Kier alpha value is -0.270. The van der Waals surface area contributed by atoms with Gasteiger partial charge in [0.1, 0.15) is 0 Å². The number of H-pyrrole nitrogens is 1. The molecule has 0 unspecified atom stereocenters. The van der Waals surface area contributed by atoms with Gasteiger partial charge in [-0.15, -0.1) is 12.4 Å². The van der Waals surface area contributed by atoms with Crippen LogP contribution in [0.15, 0.2) is 24.5 Å². The van der Waals surface area contributed by atoms with Crippen LogP contribution < -0.4 is 4.98 Å². The third-order valence-corrected chi connectivity index (χ3v) is 0.930. The fraction of sp³-hybridized carbons (Fsp3) is 0. The number of nitrogens with one attached hydrogen (secondary N) is 1. The van der Waals surface area contributed by atoms with E-state index in [0.717, 1.165) is 5.02 Å². The molecule has 0 atom stereocenters. The number of aromatic nitrogens is 1. The predicted molar refractivity (Wildman–Crippen MR) is 35.3 cm³/mol. The zero-order valence-electron chi connectivity index (χ0n) is 4.10. The number of hydrogen-bond donors (Lipinski definition) is 0. The van der Waals surface area contributed by atoms with Gasteiger partial charge in [0.2, 0.25) is 0 Å². The van der Waals surface area contributed by atoms with Crippen molar-refractivity contribution in [2.45, 2.75) is 0 Å². The highest BCUT2D eigenvalue weighted by Gasteiger charge is 1.80. The van der Waals surface area contributed by atoms with Gasteiger partial charge in [-0.2, -0.15) is 0 Å². The average Bonchev–Trinajstić information content (AvgIpc) is 1.69. The van der Waals surface area contributed by atoms with Crippen LogP contribution in [0.2, 0.25) is 5.02 Å². The molecule has 0 spiro atoms. The first kappa shape index (κ1) is 7.73. The van der Waals surface area contributed by atoms with Gasteiger partial charge in [-0.3, -0.25) is 0 Å². The minimum atomic E-state index is 0. The zero-order chi connectivity index (χ0) is 5.11. The third-order valence-electron chi connectivity index (χ3n) is 0.678. The number of halogens is 2. The molecule has 1 aromatic heterocycles. The first-order valence-electron chi connectivity index (χ1n) is 2.01. The molecular formula is C5H6Cl2N+. The standard InChI is InChI=1S/C5H4ClN.ClH/c6-5-1-3-7-4-2-5;/h1-4H;1H/p+1. The maximum Gasteiger partial charge on any atom is 0.168 e. The Bertz CT molecular complexity index is 140. The predicted octanol–water partition coefficient (Wildman–Crippen LogP) is 1.58. The molecule has 1 rings (SSSR count). The van der Waals surface area contributed by atoms with E-state index in [4.69, 9.17) is 11.6 Å². The topological polar surface area (TPSA) is 14.1 Å². The molecule has 0 bridgehead atoms. The minimum absolute atomic E-state index is 0. The van der Waals surface area contributed by atoms with Crippen LogP contribution >= 0.6 is 24.0 Å². The molecule has 3 heteroatoms. The summed E-state index contributed by atoms with van der Waals surface area (Å²) < 4.78 is 0. The highest BCUT2D eigenvalue weighted by atomic mass is 35.5. The van der Waals surface area contributed by atoms with E-state index in [1.807, 2.05) is 0 Å². The van der Waals surface area contributed by atoms with Crippen molar-refractivity contribution in [2.24, 2.45) is 0 Å². The van der Waals surface area contributed by atoms with Crippen LogP contribution in [0.25, 0.3) is 0 Å². The Balaban J connectivity index is 0.000000490. The first-order valence-corrected chi connectivity index (χ1v) is 2.39. The summed E-state index contributed by atoms with van der Waals surface area (Å²) in [5, 5.41) is 0.763. The molecule has 0 aliphatic rings. The number of aromatic amines is 1. The van der Waals surface area contributed by atoms with E-state index in [1.54, 1.807) is 24.5 Å². The summed E-state index contributed by atoms with van der Waals surface area (Å²) in [5.74, 6) is 0. The minimum Gasteiger partial charge on any atom is -0.218 e. The molecule has 0 amide bonds. The SMILES string of the molecule is Cl.Clc1cc[nH+]cc1. The fourth-order valence-electron chi connectivity index (χ4n) is 0.367. The summed E-state index contributed by atoms with van der Waals surface area (Å²) in [4.78, 5) is 2.85. The average molecular weight is 151 g/mol. The maximum atomic E-state index is 5.52. The van der Waals surface area contributed by atoms with Gasteiger partial charge in [-0.25, -0.2) is 4.98 Å². The highest BCUT2D eigenvalue weighted by molar-refractivity contribution is 6.30. The van der Waals surface area contributed by atoms with E-state index in [1.165, 1.54) is 0 Å². The van der Waals surface area contributed by atoms with Crippen molar-refractivity contribution in [1.29, 1.82) is 0 Å². The second kappa shape index (κ2) is 3.70. The second-order valence-corrected chi connectivity index (χ2v) is 1.65. The lowest BCUT2D eigenvalue weighted by atomic mass is 10.5. The van der Waals surface area contributed by atoms with Crippen molar-refractivity contribution < 1.29 is 4.98 Å². The summed E-state index contributed by atoms with van der Waals surface area (Å²) in [7, 11) is 0. The van der Waals surface area contributed by atoms with Crippen molar-refractivity contribution in [1.82, 2.24) is 0 Å². The molecule has 1 N–H and O–H groups in total. The van der Waals surface area contributed by atoms with Gasteiger partial charge in [-0.05, 0) is 0 Å². The lowest BCUT2D eigenvalue weighted by Gasteiger charge is -1.74. The number of rotatable bonds is 0. The van der Waals surface area contributed by atoms with Gasteiger partial charge in [0.05, 0.1) is 5.02 Å². The van der Waals surface area contributed by atoms with Gasteiger partial charge in [0.15, 0.2) is 12.4 Å². The number of hydrogen-bond acceptors (Lipinski definition) is 0. The van der Waals surface area contributed by atoms with Gasteiger partial charge in [0.25, 0.3) is 0 Å². The Morgan fingerprint density at radius 2 is 1.75 bits per heavy atom. The van der Waals surface area contributed by atoms with Crippen molar-refractivity contribution in [3.05, 3.63) is 29.5 Å². The molecule has 1 heterocycles. The van der Waals surface area contributed by atoms with Crippen molar-refractivity contribution in [3.63, 3.8) is 0 Å². The van der Waals surface area contributed by atoms with E-state index >= 15 is 0 Å². The van der Waals surface area contributed by atoms with Crippen LogP contribution in [-0.4, -0.2) is 0 Å². The maximum absolute atomic E-state index is 5.52. The third kappa shape index (κ3) is 2.15. The van der Waals surface area contributed by atoms with E-state index in [-0.39, 0.29) is 12.4 Å². The van der Waals surface area contributed by atoms with Crippen molar-refractivity contribution in [2.75, 3.05) is 0 Å². The second-order valence-electron chi connectivity index (χ2n) is 1.22. The monoisotopic (exact) mass is 150 g/mol. The smallest absolute Gasteiger partial charge is 0.168 e. The summed E-state index contributed by atoms with van der Waals surface area (Å²) in [6.07, 6.45) is 3.56. The Morgan fingerprint density at radius 1 is 1.25 bits per heavy atom. The molecule has 8 heavy (non-hydrogen) atoms. The zero-order valence-corrected chi connectivity index (χ0v) is 5.67. The molecule has 0 aliphatic carbocycles. The molecule has 1 aromatic rings. The molecule has 0 aromatic carbocycles. The van der Waals surface area contributed by atoms with Crippen LogP contribution in [0.1, 0.15) is 0 Å². The molecule has 0 radical (unpaired) electrons. The highest BCUT2D eigenvalue weighted by Crippen LogP contribution is 2.00. The van der Waals surface area contributed by atoms with E-state index in [0.29, 0.717) is 0 Å². The quantitative estimate of drug-likeness (QED) is 0.534. The lowest BCUT2D eigenvalue weighted by Crippen LogP contribution is -1.94. The number of pyridine rings is 1. The van der Waals surface area contributed by atoms with Crippen LogP contribution in [0.4, 0.5) is 0 Å². The lowest BCUT2D eigenvalue weighted by molar-refractivity contribution is -0.377. The molecular weight excluding hydrogens is 145 g/mol. The van der Waals surface area contributed by atoms with E-state index in [2.05, 4.69) is 4.98 Å². The van der Waals surface area contributed by atoms with Crippen molar-refractivity contribution in [3.8, 4) is 0 Å². The summed E-state index contributed by atoms with van der Waals surface area (Å²) in [6, 6.07) is 3.59. The molecule has 44 valence electrons. The van der Waals surface area contributed by atoms with Crippen LogP contribution in [-0.2, 0) is 0 Å². The molecule has 0 saturated carbocycles. The Labute approximate surface area is 59.1 Å². The van der Waals surface area contributed by atoms with Crippen LogP contribution in [0.5, 0.6) is 0 Å². The summed E-state index contributed by atoms with van der Waals surface area (Å²) >= 11 is 5.52. The Morgan fingerprint density at radius 3 is 2.00 bits per heavy atom. The molecule has 0 aliphatic heterocycles. The van der Waals surface area contributed by atoms with Gasteiger partial charge >= 0.3 is 0 Å². The molecule has 0 saturated heterocycles. The van der Waals surface area contributed by atoms with Crippen LogP contribution in [0, 0.1) is 0 Å². The van der Waals surface area contributed by atoms with Gasteiger partial charge in [0, 0.05) is 12.1 Å². The summed E-state index contributed by atoms with van der Waals surface area (Å²) in [5.41, 5.74) is 0. The fourth-order valence-corrected chi connectivity index (χ4v) is 0.493.